The van der Waals surface area contributed by atoms with Crippen LogP contribution < -0.4 is 13.8 Å². The Morgan fingerprint density at radius 1 is 0.886 bits per heavy atom. The van der Waals surface area contributed by atoms with Gasteiger partial charge in [0.1, 0.15) is 35.1 Å². The molecule has 7 nitrogen and oxygen atoms in total. The summed E-state index contributed by atoms with van der Waals surface area (Å²) in [6, 6.07) is 19.2. The van der Waals surface area contributed by atoms with Crippen molar-refractivity contribution in [2.75, 3.05) is 24.6 Å². The molecule has 236 valence electrons. The lowest BCUT2D eigenvalue weighted by atomic mass is 9.83. The number of benzene rings is 3. The van der Waals surface area contributed by atoms with Crippen LogP contribution in [0.3, 0.4) is 0 Å². The number of fused-ring (bicyclic) bond motifs is 2. The molecule has 11 heteroatoms. The van der Waals surface area contributed by atoms with E-state index in [1.54, 1.807) is 12.1 Å². The van der Waals surface area contributed by atoms with E-state index in [0.717, 1.165) is 36.8 Å². The third kappa shape index (κ3) is 6.83. The fraction of sp³-hybridized carbons (Fsp3) is 0.394. The summed E-state index contributed by atoms with van der Waals surface area (Å²) in [6.45, 7) is 1.08. The number of rotatable bonds is 13. The van der Waals surface area contributed by atoms with Gasteiger partial charge in [-0.25, -0.2) is 8.42 Å². The maximum absolute atomic E-state index is 14.1. The molecule has 3 aromatic rings. The maximum atomic E-state index is 14.1. The monoisotopic (exact) mass is 631 g/mol. The van der Waals surface area contributed by atoms with Gasteiger partial charge in [0.05, 0.1) is 25.5 Å². The molecule has 3 atom stereocenters. The summed E-state index contributed by atoms with van der Waals surface area (Å²) in [5, 5.41) is 8.64. The Hall–Kier alpha value is -3.70. The molecular formula is C33H36F3NO6S. The molecule has 5 rings (SSSR count). The Balaban J connectivity index is 1.49. The van der Waals surface area contributed by atoms with Crippen molar-refractivity contribution in [3.63, 3.8) is 0 Å². The minimum atomic E-state index is -4.79. The molecule has 0 spiro atoms. The minimum absolute atomic E-state index is 0.00981. The van der Waals surface area contributed by atoms with E-state index in [1.807, 2.05) is 24.3 Å². The molecular weight excluding hydrogens is 595 g/mol. The SMILES string of the molecule is CCCCCCOc1ccc(C2=C(c3ccc(O)cc3)[C@H]3O[C@@H]2C[C@@H]3S(=O)(=O)N(CC(F)(F)F)c2ccc(OC)cc2)cc1. The molecule has 2 aliphatic rings. The van der Waals surface area contributed by atoms with E-state index in [4.69, 9.17) is 14.2 Å². The molecule has 2 bridgehead atoms. The highest BCUT2D eigenvalue weighted by molar-refractivity contribution is 7.93. The van der Waals surface area contributed by atoms with Gasteiger partial charge in [0.2, 0.25) is 10.0 Å². The fourth-order valence-corrected chi connectivity index (χ4v) is 7.85. The number of hydrogen-bond acceptors (Lipinski definition) is 6. The summed E-state index contributed by atoms with van der Waals surface area (Å²) in [6.07, 6.45) is -2.12. The second kappa shape index (κ2) is 13.1. The van der Waals surface area contributed by atoms with Gasteiger partial charge in [-0.2, -0.15) is 13.2 Å². The number of unbranched alkanes of at least 4 members (excludes halogenated alkanes) is 3. The lowest BCUT2D eigenvalue weighted by Crippen LogP contribution is -2.47. The van der Waals surface area contributed by atoms with E-state index in [-0.39, 0.29) is 17.9 Å². The molecule has 3 aromatic carbocycles. The van der Waals surface area contributed by atoms with Gasteiger partial charge >= 0.3 is 6.18 Å². The number of alkyl halides is 3. The van der Waals surface area contributed by atoms with Crippen LogP contribution in [0.4, 0.5) is 18.9 Å². The lowest BCUT2D eigenvalue weighted by molar-refractivity contribution is -0.117. The second-order valence-corrected chi connectivity index (χ2v) is 13.1. The zero-order valence-electron chi connectivity index (χ0n) is 24.6. The van der Waals surface area contributed by atoms with E-state index in [9.17, 15) is 26.7 Å². The van der Waals surface area contributed by atoms with E-state index in [2.05, 4.69) is 6.92 Å². The number of aromatic hydroxyl groups is 1. The molecule has 44 heavy (non-hydrogen) atoms. The molecule has 2 heterocycles. The van der Waals surface area contributed by atoms with Crippen molar-refractivity contribution >= 4 is 26.9 Å². The number of methoxy groups -OCH3 is 1. The topological polar surface area (TPSA) is 85.3 Å². The van der Waals surface area contributed by atoms with Crippen molar-refractivity contribution in [1.29, 1.82) is 0 Å². The minimum Gasteiger partial charge on any atom is -0.508 e. The number of phenols is 1. The van der Waals surface area contributed by atoms with Crippen molar-refractivity contribution < 1.29 is 40.9 Å². The number of sulfonamides is 1. The zero-order chi connectivity index (χ0) is 31.5. The van der Waals surface area contributed by atoms with Gasteiger partial charge in [0.15, 0.2) is 0 Å². The summed E-state index contributed by atoms with van der Waals surface area (Å²) in [7, 11) is -3.16. The summed E-state index contributed by atoms with van der Waals surface area (Å²) < 4.78 is 87.1. The van der Waals surface area contributed by atoms with Gasteiger partial charge < -0.3 is 19.3 Å². The standard InChI is InChI=1S/C33H36F3NO6S/c1-3-4-5-6-19-42-27-15-9-22(10-16-27)30-28-20-29(32(43-28)31(30)23-7-13-25(38)14-8-23)44(39,40)37(21-33(34,35)36)24-11-17-26(41-2)18-12-24/h7-18,28-29,32,38H,3-6,19-21H2,1-2H3/t28-,29+,32+/m1/s1. The third-order valence-electron chi connectivity index (χ3n) is 7.97. The predicted octanol–water partition coefficient (Wildman–Crippen LogP) is 7.21. The number of nitrogens with zero attached hydrogens (tertiary/aromatic N) is 1. The van der Waals surface area contributed by atoms with E-state index < -0.39 is 40.2 Å². The van der Waals surface area contributed by atoms with Crippen LogP contribution in [0.2, 0.25) is 0 Å². The average Bonchev–Trinajstić information content (AvgIpc) is 3.60. The fourth-order valence-electron chi connectivity index (χ4n) is 5.85. The van der Waals surface area contributed by atoms with Gasteiger partial charge in [-0.15, -0.1) is 0 Å². The highest BCUT2D eigenvalue weighted by Gasteiger charge is 2.55. The molecule has 0 aromatic heterocycles. The molecule has 1 fully saturated rings. The highest BCUT2D eigenvalue weighted by atomic mass is 32.2. The number of anilines is 1. The van der Waals surface area contributed by atoms with Crippen molar-refractivity contribution in [3.05, 3.63) is 83.9 Å². The number of halogens is 3. The first kappa shape index (κ1) is 31.7. The molecule has 0 saturated carbocycles. The van der Waals surface area contributed by atoms with E-state index in [0.29, 0.717) is 33.5 Å². The van der Waals surface area contributed by atoms with Gasteiger partial charge in [-0.3, -0.25) is 4.31 Å². The zero-order valence-corrected chi connectivity index (χ0v) is 25.4. The largest absolute Gasteiger partial charge is 0.508 e. The van der Waals surface area contributed by atoms with Crippen LogP contribution in [0, 0.1) is 0 Å². The lowest BCUT2D eigenvalue weighted by Gasteiger charge is -2.32. The number of hydrogen-bond donors (Lipinski definition) is 1. The molecule has 1 N–H and O–H groups in total. The quantitative estimate of drug-likeness (QED) is 0.201. The van der Waals surface area contributed by atoms with Crippen molar-refractivity contribution in [1.82, 2.24) is 0 Å². The summed E-state index contributed by atoms with van der Waals surface area (Å²) in [5.74, 6) is 1.13. The van der Waals surface area contributed by atoms with E-state index >= 15 is 0 Å². The molecule has 2 aliphatic heterocycles. The van der Waals surface area contributed by atoms with Crippen LogP contribution >= 0.6 is 0 Å². The van der Waals surface area contributed by atoms with E-state index in [1.165, 1.54) is 43.5 Å². The predicted molar refractivity (Wildman–Crippen MR) is 163 cm³/mol. The smallest absolute Gasteiger partial charge is 0.407 e. The molecule has 0 amide bonds. The van der Waals surface area contributed by atoms with Gasteiger partial charge in [-0.1, -0.05) is 50.5 Å². The van der Waals surface area contributed by atoms with Gasteiger partial charge in [-0.05, 0) is 83.6 Å². The van der Waals surface area contributed by atoms with Gasteiger partial charge in [0, 0.05) is 0 Å². The number of ether oxygens (including phenoxy) is 3. The maximum Gasteiger partial charge on any atom is 0.407 e. The van der Waals surface area contributed by atoms with Crippen LogP contribution in [0.25, 0.3) is 11.1 Å². The highest BCUT2D eigenvalue weighted by Crippen LogP contribution is 2.51. The molecule has 0 radical (unpaired) electrons. The Kier molecular flexibility index (Phi) is 9.45. The molecule has 1 saturated heterocycles. The van der Waals surface area contributed by atoms with Crippen LogP contribution in [0.1, 0.15) is 50.2 Å². The summed E-state index contributed by atoms with van der Waals surface area (Å²) in [4.78, 5) is 0. The summed E-state index contributed by atoms with van der Waals surface area (Å²) in [5.41, 5.74) is 2.65. The Labute approximate surface area is 255 Å². The van der Waals surface area contributed by atoms with Gasteiger partial charge in [0.25, 0.3) is 0 Å². The van der Waals surface area contributed by atoms with Crippen molar-refractivity contribution in [3.8, 4) is 17.2 Å². The molecule has 0 aliphatic carbocycles. The van der Waals surface area contributed by atoms with Crippen LogP contribution in [0.15, 0.2) is 72.8 Å². The normalized spacial score (nSPS) is 19.8. The first-order chi connectivity index (χ1) is 21.0. The van der Waals surface area contributed by atoms with Crippen LogP contribution in [-0.4, -0.2) is 57.4 Å². The van der Waals surface area contributed by atoms with Crippen LogP contribution in [0.5, 0.6) is 17.2 Å². The first-order valence-corrected chi connectivity index (χ1v) is 16.2. The van der Waals surface area contributed by atoms with Crippen LogP contribution in [-0.2, 0) is 14.8 Å². The Morgan fingerprint density at radius 3 is 2.11 bits per heavy atom. The second-order valence-electron chi connectivity index (χ2n) is 11.0. The Morgan fingerprint density at radius 2 is 1.50 bits per heavy atom. The Bertz CT molecular complexity index is 1560. The average molecular weight is 632 g/mol. The third-order valence-corrected chi connectivity index (χ3v) is 10.1. The van der Waals surface area contributed by atoms with Crippen molar-refractivity contribution in [2.45, 2.75) is 62.7 Å². The molecule has 0 unspecified atom stereocenters. The van der Waals surface area contributed by atoms with Crippen molar-refractivity contribution in [2.24, 2.45) is 0 Å². The number of phenolic OH excluding ortho intramolecular Hbond substituents is 1. The first-order valence-electron chi connectivity index (χ1n) is 14.7. The summed E-state index contributed by atoms with van der Waals surface area (Å²) >= 11 is 0.